The monoisotopic (exact) mass is 397 g/mol. The maximum atomic E-state index is 13.2. The van der Waals surface area contributed by atoms with Gasteiger partial charge < -0.3 is 4.90 Å². The van der Waals surface area contributed by atoms with E-state index in [1.54, 1.807) is 23.1 Å². The molecule has 146 valence electrons. The van der Waals surface area contributed by atoms with Gasteiger partial charge >= 0.3 is 6.03 Å². The van der Waals surface area contributed by atoms with Crippen molar-refractivity contribution in [1.29, 1.82) is 0 Å². The molecule has 0 saturated carbocycles. The summed E-state index contributed by atoms with van der Waals surface area (Å²) in [4.78, 5) is 14.2. The van der Waals surface area contributed by atoms with E-state index in [9.17, 15) is 13.2 Å². The van der Waals surface area contributed by atoms with Crippen molar-refractivity contribution in [3.63, 3.8) is 0 Å². The predicted molar refractivity (Wildman–Crippen MR) is 107 cm³/mol. The van der Waals surface area contributed by atoms with Gasteiger partial charge in [-0.3, -0.25) is 0 Å². The van der Waals surface area contributed by atoms with Gasteiger partial charge in [-0.2, -0.15) is 9.78 Å². The van der Waals surface area contributed by atoms with E-state index in [1.165, 1.54) is 12.3 Å². The molecule has 0 bridgehead atoms. The second kappa shape index (κ2) is 8.39. The van der Waals surface area contributed by atoms with Crippen molar-refractivity contribution in [2.45, 2.75) is 30.2 Å². The van der Waals surface area contributed by atoms with Crippen LogP contribution in [0.4, 0.5) is 4.79 Å². The van der Waals surface area contributed by atoms with E-state index in [1.807, 2.05) is 50.2 Å². The Morgan fingerprint density at radius 1 is 0.964 bits per heavy atom. The molecule has 6 nitrogen and oxygen atoms in total. The first-order valence-electron chi connectivity index (χ1n) is 9.19. The third-order valence-electron chi connectivity index (χ3n) is 4.57. The Hall–Kier alpha value is -2.93. The highest BCUT2D eigenvalue weighted by molar-refractivity contribution is 7.91. The van der Waals surface area contributed by atoms with Gasteiger partial charge in [-0.15, -0.1) is 0 Å². The number of aromatic nitrogens is 2. The number of hydrogen-bond acceptors (Lipinski definition) is 4. The first-order chi connectivity index (χ1) is 13.5. The second-order valence-electron chi connectivity index (χ2n) is 6.33. The second-order valence-corrected chi connectivity index (χ2v) is 8.19. The number of benzene rings is 2. The summed E-state index contributed by atoms with van der Waals surface area (Å²) >= 11 is 0. The van der Waals surface area contributed by atoms with Gasteiger partial charge in [0.15, 0.2) is 5.03 Å². The summed E-state index contributed by atoms with van der Waals surface area (Å²) in [6, 6.07) is 17.6. The number of amides is 1. The van der Waals surface area contributed by atoms with Gasteiger partial charge in [0.05, 0.1) is 4.90 Å². The first kappa shape index (κ1) is 19.8. The Morgan fingerprint density at radius 2 is 1.61 bits per heavy atom. The SMILES string of the molecule is CCN(CC)C(=O)n1ccc(S(=O)(=O)c2ccccc2Cc2ccccc2)n1. The molecule has 1 heterocycles. The number of rotatable bonds is 6. The van der Waals surface area contributed by atoms with Crippen LogP contribution >= 0.6 is 0 Å². The predicted octanol–water partition coefficient (Wildman–Crippen LogP) is 3.62. The number of nitrogens with zero attached hydrogens (tertiary/aromatic N) is 3. The Bertz CT molecular complexity index is 1060. The highest BCUT2D eigenvalue weighted by Crippen LogP contribution is 2.25. The van der Waals surface area contributed by atoms with Crippen LogP contribution in [0.2, 0.25) is 0 Å². The number of carbonyl (C=O) groups is 1. The van der Waals surface area contributed by atoms with Crippen molar-refractivity contribution in [3.05, 3.63) is 78.0 Å². The molecule has 1 aromatic heterocycles. The molecule has 28 heavy (non-hydrogen) atoms. The minimum Gasteiger partial charge on any atom is -0.323 e. The van der Waals surface area contributed by atoms with E-state index in [4.69, 9.17) is 0 Å². The lowest BCUT2D eigenvalue weighted by Crippen LogP contribution is -2.34. The van der Waals surface area contributed by atoms with Crippen molar-refractivity contribution in [2.24, 2.45) is 0 Å². The molecule has 0 aliphatic carbocycles. The normalized spacial score (nSPS) is 11.4. The molecular weight excluding hydrogens is 374 g/mol. The van der Waals surface area contributed by atoms with E-state index >= 15 is 0 Å². The summed E-state index contributed by atoms with van der Waals surface area (Å²) in [6.45, 7) is 4.78. The summed E-state index contributed by atoms with van der Waals surface area (Å²) in [7, 11) is -3.84. The Kier molecular flexibility index (Phi) is 5.94. The molecule has 0 fully saturated rings. The van der Waals surface area contributed by atoms with Crippen molar-refractivity contribution in [2.75, 3.05) is 13.1 Å². The smallest absolute Gasteiger partial charge is 0.323 e. The van der Waals surface area contributed by atoms with Crippen molar-refractivity contribution in [1.82, 2.24) is 14.7 Å². The molecule has 0 spiro atoms. The van der Waals surface area contributed by atoms with Crippen LogP contribution in [-0.2, 0) is 16.3 Å². The van der Waals surface area contributed by atoms with E-state index in [0.29, 0.717) is 25.1 Å². The summed E-state index contributed by atoms with van der Waals surface area (Å²) in [5.74, 6) is 0. The topological polar surface area (TPSA) is 72.3 Å². The van der Waals surface area contributed by atoms with E-state index in [0.717, 1.165) is 10.2 Å². The average Bonchev–Trinajstić information content (AvgIpc) is 3.21. The lowest BCUT2D eigenvalue weighted by Gasteiger charge is -2.17. The number of hydrogen-bond donors (Lipinski definition) is 0. The molecule has 0 radical (unpaired) electrons. The summed E-state index contributed by atoms with van der Waals surface area (Å²) in [5.41, 5.74) is 1.71. The van der Waals surface area contributed by atoms with Gasteiger partial charge in [0, 0.05) is 19.3 Å². The van der Waals surface area contributed by atoms with Gasteiger partial charge in [0.1, 0.15) is 0 Å². The van der Waals surface area contributed by atoms with Crippen LogP contribution in [0.1, 0.15) is 25.0 Å². The zero-order chi connectivity index (χ0) is 20.1. The van der Waals surface area contributed by atoms with E-state index in [2.05, 4.69) is 5.10 Å². The molecular formula is C21H23N3O3S. The fraction of sp³-hybridized carbons (Fsp3) is 0.238. The van der Waals surface area contributed by atoms with Crippen molar-refractivity contribution < 1.29 is 13.2 Å². The largest absolute Gasteiger partial charge is 0.344 e. The Labute approximate surface area is 165 Å². The minimum absolute atomic E-state index is 0.131. The molecule has 1 amide bonds. The maximum Gasteiger partial charge on any atom is 0.344 e. The van der Waals surface area contributed by atoms with Gasteiger partial charge in [0.2, 0.25) is 9.84 Å². The van der Waals surface area contributed by atoms with Crippen LogP contribution in [0.15, 0.2) is 76.8 Å². The van der Waals surface area contributed by atoms with Crippen LogP contribution in [0.3, 0.4) is 0 Å². The Balaban J connectivity index is 1.95. The quantitative estimate of drug-likeness (QED) is 0.637. The zero-order valence-electron chi connectivity index (χ0n) is 15.9. The van der Waals surface area contributed by atoms with Crippen LogP contribution in [-0.4, -0.2) is 42.2 Å². The number of carbonyl (C=O) groups excluding carboxylic acids is 1. The van der Waals surface area contributed by atoms with Gasteiger partial charge in [0.25, 0.3) is 0 Å². The first-order valence-corrected chi connectivity index (χ1v) is 10.7. The lowest BCUT2D eigenvalue weighted by atomic mass is 10.1. The van der Waals surface area contributed by atoms with Gasteiger partial charge in [-0.1, -0.05) is 48.5 Å². The molecule has 2 aromatic carbocycles. The van der Waals surface area contributed by atoms with Crippen molar-refractivity contribution in [3.8, 4) is 0 Å². The van der Waals surface area contributed by atoms with Crippen LogP contribution < -0.4 is 0 Å². The Morgan fingerprint density at radius 3 is 2.29 bits per heavy atom. The fourth-order valence-corrected chi connectivity index (χ4v) is 4.44. The highest BCUT2D eigenvalue weighted by Gasteiger charge is 2.25. The minimum atomic E-state index is -3.84. The van der Waals surface area contributed by atoms with E-state index < -0.39 is 9.84 Å². The lowest BCUT2D eigenvalue weighted by molar-refractivity contribution is 0.201. The highest BCUT2D eigenvalue weighted by atomic mass is 32.2. The maximum absolute atomic E-state index is 13.2. The molecule has 0 saturated heterocycles. The van der Waals surface area contributed by atoms with Crippen LogP contribution in [0, 0.1) is 0 Å². The van der Waals surface area contributed by atoms with Gasteiger partial charge in [-0.05, 0) is 43.5 Å². The average molecular weight is 398 g/mol. The van der Waals surface area contributed by atoms with Crippen LogP contribution in [0.25, 0.3) is 0 Å². The van der Waals surface area contributed by atoms with Gasteiger partial charge in [-0.25, -0.2) is 13.2 Å². The number of sulfone groups is 1. The summed E-state index contributed by atoms with van der Waals surface area (Å²) in [5, 5.41) is 3.93. The standard InChI is InChI=1S/C21H23N3O3S/c1-3-23(4-2)21(25)24-15-14-20(22-24)28(26,27)19-13-9-8-12-18(19)16-17-10-6-5-7-11-17/h5-15H,3-4,16H2,1-2H3. The molecule has 3 rings (SSSR count). The molecule has 0 unspecified atom stereocenters. The third-order valence-corrected chi connectivity index (χ3v) is 6.32. The molecule has 0 atom stereocenters. The zero-order valence-corrected chi connectivity index (χ0v) is 16.8. The third kappa shape index (κ3) is 3.99. The fourth-order valence-electron chi connectivity index (χ4n) is 3.04. The summed E-state index contributed by atoms with van der Waals surface area (Å²) in [6.07, 6.45) is 1.89. The molecule has 0 N–H and O–H groups in total. The summed E-state index contributed by atoms with van der Waals surface area (Å²) < 4.78 is 27.5. The van der Waals surface area contributed by atoms with Crippen molar-refractivity contribution >= 4 is 15.9 Å². The van der Waals surface area contributed by atoms with E-state index in [-0.39, 0.29) is 16.0 Å². The molecule has 7 heteroatoms. The molecule has 0 aliphatic heterocycles. The van der Waals surface area contributed by atoms with Crippen LogP contribution in [0.5, 0.6) is 0 Å². The molecule has 3 aromatic rings. The molecule has 0 aliphatic rings.